The Morgan fingerprint density at radius 2 is 0.714 bits per heavy atom. The van der Waals surface area contributed by atoms with E-state index < -0.39 is 8.07 Å². The minimum atomic E-state index is -2.88. The predicted molar refractivity (Wildman–Crippen MR) is 270 cm³/mol. The van der Waals surface area contributed by atoms with Crippen molar-refractivity contribution in [2.45, 2.75) is 0 Å². The van der Waals surface area contributed by atoms with Crippen LogP contribution in [0.3, 0.4) is 0 Å². The quantitative estimate of drug-likeness (QED) is 0.107. The van der Waals surface area contributed by atoms with Gasteiger partial charge in [-0.1, -0.05) is 218 Å². The maximum atomic E-state index is 2.55. The third kappa shape index (κ3) is 5.93. The molecule has 2 heterocycles. The molecule has 12 rings (SSSR count). The Hall–Kier alpha value is -7.98. The summed E-state index contributed by atoms with van der Waals surface area (Å²) in [6.45, 7) is 0. The van der Waals surface area contributed by atoms with E-state index in [9.17, 15) is 0 Å². The number of benzene rings is 10. The van der Waals surface area contributed by atoms with E-state index in [1.165, 1.54) is 86.6 Å². The van der Waals surface area contributed by atoms with E-state index in [0.717, 1.165) is 11.4 Å². The highest BCUT2D eigenvalue weighted by Gasteiger charge is 2.42. The summed E-state index contributed by atoms with van der Waals surface area (Å²) in [5.41, 5.74) is 11.8. The van der Waals surface area contributed by atoms with Crippen LogP contribution in [0, 0.1) is 0 Å². The van der Waals surface area contributed by atoms with Gasteiger partial charge < -0.3 is 9.13 Å². The highest BCUT2D eigenvalue weighted by atomic mass is 28.3. The zero-order chi connectivity index (χ0) is 41.7. The van der Waals surface area contributed by atoms with Gasteiger partial charge in [0, 0.05) is 38.5 Å². The highest BCUT2D eigenvalue weighted by molar-refractivity contribution is 7.20. The number of hydrogen-bond acceptors (Lipinski definition) is 0. The van der Waals surface area contributed by atoms with Gasteiger partial charge in [-0.25, -0.2) is 0 Å². The smallest absolute Gasteiger partial charge is 0.179 e. The Labute approximate surface area is 368 Å². The minimum Gasteiger partial charge on any atom is -0.309 e. The zero-order valence-corrected chi connectivity index (χ0v) is 35.6. The van der Waals surface area contributed by atoms with Crippen LogP contribution in [0.25, 0.3) is 77.2 Å². The topological polar surface area (TPSA) is 9.86 Å². The van der Waals surface area contributed by atoms with Gasteiger partial charge in [-0.15, -0.1) is 0 Å². The van der Waals surface area contributed by atoms with Gasteiger partial charge in [0.15, 0.2) is 8.07 Å². The maximum absolute atomic E-state index is 2.88. The van der Waals surface area contributed by atoms with Crippen LogP contribution in [-0.2, 0) is 0 Å². The number of fused-ring (bicyclic) bond motifs is 6. The van der Waals surface area contributed by atoms with Crippen molar-refractivity contribution in [3.05, 3.63) is 255 Å². The first-order valence-electron chi connectivity index (χ1n) is 21.8. The van der Waals surface area contributed by atoms with Crippen molar-refractivity contribution in [2.24, 2.45) is 0 Å². The number of hydrogen-bond donors (Lipinski definition) is 0. The summed E-state index contributed by atoms with van der Waals surface area (Å²) in [4.78, 5) is 0. The summed E-state index contributed by atoms with van der Waals surface area (Å²) in [5.74, 6) is 0. The SMILES string of the molecule is c1ccc(-c2cccc(-n3c4ccccc4c4ccc(-n5c6ccccc6c6cc([Si](c7ccccc7)(c7ccccc7)c7ccccc7)cc(-c7ccccc7)c65)cc43)c2)cc1. The van der Waals surface area contributed by atoms with E-state index in [0.29, 0.717) is 0 Å². The molecule has 0 saturated carbocycles. The molecule has 0 aliphatic carbocycles. The van der Waals surface area contributed by atoms with E-state index >= 15 is 0 Å². The fourth-order valence-electron chi connectivity index (χ4n) is 10.3. The molecule has 0 spiro atoms. The Bertz CT molecular complexity index is 3500. The molecule has 10 aromatic carbocycles. The second kappa shape index (κ2) is 15.2. The molecule has 63 heavy (non-hydrogen) atoms. The molecule has 2 aromatic heterocycles. The summed E-state index contributed by atoms with van der Waals surface area (Å²) in [6, 6.07) is 94.4. The van der Waals surface area contributed by atoms with Gasteiger partial charge >= 0.3 is 0 Å². The molecule has 0 aliphatic heterocycles. The number of nitrogens with zero attached hydrogens (tertiary/aromatic N) is 2. The van der Waals surface area contributed by atoms with Crippen LogP contribution < -0.4 is 20.7 Å². The lowest BCUT2D eigenvalue weighted by Gasteiger charge is -2.35. The standard InChI is InChI=1S/C60H42N2Si/c1-6-21-43(22-7-1)45-25-20-26-46(39-45)61-57-35-18-16-33-52(57)54-38-37-47(40-59(54)61)62-58-36-19-17-34-53(58)56-42-51(41-55(60(56)62)44-23-8-2-9-24-44)63(48-27-10-3-11-28-48,49-29-12-4-13-30-49)50-31-14-5-15-32-50/h1-42H. The van der Waals surface area contributed by atoms with Crippen molar-refractivity contribution in [1.82, 2.24) is 9.13 Å². The second-order valence-electron chi connectivity index (χ2n) is 16.5. The van der Waals surface area contributed by atoms with Crippen LogP contribution in [0.4, 0.5) is 0 Å². The lowest BCUT2D eigenvalue weighted by atomic mass is 10.0. The van der Waals surface area contributed by atoms with Crippen molar-refractivity contribution in [3.63, 3.8) is 0 Å². The summed E-state index contributed by atoms with van der Waals surface area (Å²) in [5, 5.41) is 10.4. The Kier molecular flexibility index (Phi) is 8.87. The number of para-hydroxylation sites is 2. The molecule has 0 aliphatic rings. The first-order chi connectivity index (χ1) is 31.3. The van der Waals surface area contributed by atoms with E-state index in [1.54, 1.807) is 0 Å². The molecular formula is C60H42N2Si. The monoisotopic (exact) mass is 818 g/mol. The van der Waals surface area contributed by atoms with Crippen LogP contribution in [0.5, 0.6) is 0 Å². The molecule has 0 amide bonds. The van der Waals surface area contributed by atoms with Gasteiger partial charge in [-0.3, -0.25) is 0 Å². The Morgan fingerprint density at radius 3 is 1.32 bits per heavy atom. The van der Waals surface area contributed by atoms with Gasteiger partial charge in [0.1, 0.15) is 0 Å². The molecule has 0 unspecified atom stereocenters. The molecule has 0 N–H and O–H groups in total. The lowest BCUT2D eigenvalue weighted by Crippen LogP contribution is -2.74. The average Bonchev–Trinajstić information content (AvgIpc) is 3.88. The first-order valence-corrected chi connectivity index (χ1v) is 23.8. The fourth-order valence-corrected chi connectivity index (χ4v) is 15.1. The van der Waals surface area contributed by atoms with Crippen molar-refractivity contribution in [2.75, 3.05) is 0 Å². The Balaban J connectivity index is 1.18. The molecular weight excluding hydrogens is 777 g/mol. The molecule has 3 heteroatoms. The van der Waals surface area contributed by atoms with Crippen molar-refractivity contribution in [3.8, 4) is 33.6 Å². The van der Waals surface area contributed by atoms with E-state index in [2.05, 4.69) is 264 Å². The summed E-state index contributed by atoms with van der Waals surface area (Å²) in [6.07, 6.45) is 0. The number of aromatic nitrogens is 2. The van der Waals surface area contributed by atoms with Gasteiger partial charge in [0.2, 0.25) is 0 Å². The molecule has 296 valence electrons. The van der Waals surface area contributed by atoms with Gasteiger partial charge in [-0.2, -0.15) is 0 Å². The molecule has 0 bridgehead atoms. The summed E-state index contributed by atoms with van der Waals surface area (Å²) >= 11 is 0. The van der Waals surface area contributed by atoms with Gasteiger partial charge in [0.25, 0.3) is 0 Å². The Morgan fingerprint density at radius 1 is 0.254 bits per heavy atom. The molecule has 0 saturated heterocycles. The largest absolute Gasteiger partial charge is 0.309 e. The first kappa shape index (κ1) is 36.8. The maximum Gasteiger partial charge on any atom is 0.179 e. The van der Waals surface area contributed by atoms with Crippen LogP contribution >= 0.6 is 0 Å². The third-order valence-electron chi connectivity index (χ3n) is 13.0. The summed E-state index contributed by atoms with van der Waals surface area (Å²) in [7, 11) is -2.88. The lowest BCUT2D eigenvalue weighted by molar-refractivity contribution is 1.16. The van der Waals surface area contributed by atoms with Crippen molar-refractivity contribution < 1.29 is 0 Å². The molecule has 0 radical (unpaired) electrons. The van der Waals surface area contributed by atoms with E-state index in [4.69, 9.17) is 0 Å². The van der Waals surface area contributed by atoms with Crippen LogP contribution in [-0.4, -0.2) is 17.2 Å². The normalized spacial score (nSPS) is 11.8. The van der Waals surface area contributed by atoms with Gasteiger partial charge in [0.05, 0.1) is 22.1 Å². The van der Waals surface area contributed by atoms with E-state index in [-0.39, 0.29) is 0 Å². The van der Waals surface area contributed by atoms with Crippen LogP contribution in [0.2, 0.25) is 0 Å². The fraction of sp³-hybridized carbons (Fsp3) is 0. The second-order valence-corrected chi connectivity index (χ2v) is 20.3. The van der Waals surface area contributed by atoms with Crippen LogP contribution in [0.15, 0.2) is 255 Å². The number of rotatable bonds is 8. The zero-order valence-electron chi connectivity index (χ0n) is 34.6. The molecule has 12 aromatic rings. The van der Waals surface area contributed by atoms with Crippen molar-refractivity contribution in [1.29, 1.82) is 0 Å². The predicted octanol–water partition coefficient (Wildman–Crippen LogP) is 12.6. The van der Waals surface area contributed by atoms with Crippen molar-refractivity contribution >= 4 is 72.4 Å². The molecule has 0 fully saturated rings. The summed E-state index contributed by atoms with van der Waals surface area (Å²) < 4.78 is 4.97. The van der Waals surface area contributed by atoms with Crippen LogP contribution in [0.1, 0.15) is 0 Å². The highest BCUT2D eigenvalue weighted by Crippen LogP contribution is 2.40. The minimum absolute atomic E-state index is 1.12. The average molecular weight is 819 g/mol. The van der Waals surface area contributed by atoms with Gasteiger partial charge in [-0.05, 0) is 73.8 Å². The van der Waals surface area contributed by atoms with E-state index in [1.807, 2.05) is 0 Å². The molecule has 2 nitrogen and oxygen atoms in total. The third-order valence-corrected chi connectivity index (χ3v) is 17.8. The molecule has 0 atom stereocenters.